The van der Waals surface area contributed by atoms with Gasteiger partial charge in [-0.05, 0) is 92.6 Å². The molecule has 0 unspecified atom stereocenters. The van der Waals surface area contributed by atoms with Crippen LogP contribution in [-0.2, 0) is 21.2 Å². The van der Waals surface area contributed by atoms with Crippen molar-refractivity contribution in [2.75, 3.05) is 11.6 Å². The van der Waals surface area contributed by atoms with Gasteiger partial charge in [0.25, 0.3) is 0 Å². The summed E-state index contributed by atoms with van der Waals surface area (Å²) in [6, 6.07) is 17.2. The van der Waals surface area contributed by atoms with E-state index in [0.29, 0.717) is 11.5 Å². The summed E-state index contributed by atoms with van der Waals surface area (Å²) in [4.78, 5) is 23.8. The Labute approximate surface area is 234 Å². The molecule has 0 atom stereocenters. The topological polar surface area (TPSA) is 131 Å². The fraction of sp³-hybridized carbons (Fsp3) is 0.333. The maximum atomic E-state index is 12.5. The molecule has 0 aliphatic heterocycles. The van der Waals surface area contributed by atoms with E-state index in [1.165, 1.54) is 12.3 Å². The van der Waals surface area contributed by atoms with Crippen LogP contribution in [0.5, 0.6) is 17.2 Å². The largest absolute Gasteiger partial charge is 0.490 e. The molecule has 212 valence electrons. The van der Waals surface area contributed by atoms with E-state index in [4.69, 9.17) is 9.47 Å². The number of nitrogens with one attached hydrogen (secondary N) is 2. The highest BCUT2D eigenvalue weighted by Gasteiger charge is 2.25. The van der Waals surface area contributed by atoms with Crippen molar-refractivity contribution >= 4 is 27.6 Å². The number of aromatic carboxylic acids is 1. The molecule has 1 amide bonds. The summed E-state index contributed by atoms with van der Waals surface area (Å²) in [5, 5.41) is 12.0. The van der Waals surface area contributed by atoms with E-state index in [9.17, 15) is 23.1 Å². The summed E-state index contributed by atoms with van der Waals surface area (Å²) < 4.78 is 38.0. The fourth-order valence-corrected chi connectivity index (χ4v) is 5.73. The molecule has 3 aromatic carbocycles. The second-order valence-corrected chi connectivity index (χ2v) is 12.0. The molecule has 1 aliphatic rings. The molecule has 1 fully saturated rings. The monoisotopic (exact) mass is 566 g/mol. The lowest BCUT2D eigenvalue weighted by Gasteiger charge is -2.30. The summed E-state index contributed by atoms with van der Waals surface area (Å²) in [6.07, 6.45) is 4.34. The van der Waals surface area contributed by atoms with Crippen molar-refractivity contribution in [2.45, 2.75) is 58.1 Å². The highest BCUT2D eigenvalue weighted by molar-refractivity contribution is 7.88. The zero-order valence-corrected chi connectivity index (χ0v) is 23.6. The molecule has 0 spiro atoms. The Balaban J connectivity index is 1.32. The first-order chi connectivity index (χ1) is 19.0. The van der Waals surface area contributed by atoms with E-state index in [1.54, 1.807) is 42.5 Å². The van der Waals surface area contributed by atoms with Gasteiger partial charge >= 0.3 is 5.97 Å². The van der Waals surface area contributed by atoms with Crippen molar-refractivity contribution < 1.29 is 32.6 Å². The van der Waals surface area contributed by atoms with Crippen LogP contribution in [0.15, 0.2) is 60.7 Å². The zero-order valence-electron chi connectivity index (χ0n) is 22.8. The lowest BCUT2D eigenvalue weighted by molar-refractivity contribution is -0.115. The van der Waals surface area contributed by atoms with E-state index in [-0.39, 0.29) is 35.7 Å². The Morgan fingerprint density at radius 3 is 2.15 bits per heavy atom. The van der Waals surface area contributed by atoms with Gasteiger partial charge in [-0.25, -0.2) is 17.9 Å². The Morgan fingerprint density at radius 2 is 1.55 bits per heavy atom. The molecule has 0 heterocycles. The molecule has 0 bridgehead atoms. The van der Waals surface area contributed by atoms with Crippen LogP contribution in [0.25, 0.3) is 0 Å². The molecule has 1 aliphatic carbocycles. The number of carbonyl (C=O) groups is 2. The quantitative estimate of drug-likeness (QED) is 0.307. The average Bonchev–Trinajstić information content (AvgIpc) is 2.88. The van der Waals surface area contributed by atoms with Crippen molar-refractivity contribution in [2.24, 2.45) is 0 Å². The van der Waals surface area contributed by atoms with E-state index in [2.05, 4.69) is 10.0 Å². The normalized spacial score (nSPS) is 17.2. The number of aryl methyl sites for hydroxylation is 2. The van der Waals surface area contributed by atoms with Crippen LogP contribution in [0, 0.1) is 13.8 Å². The van der Waals surface area contributed by atoms with Gasteiger partial charge in [-0.2, -0.15) is 0 Å². The maximum Gasteiger partial charge on any atom is 0.337 e. The first kappa shape index (κ1) is 29.1. The van der Waals surface area contributed by atoms with Crippen LogP contribution in [0.3, 0.4) is 0 Å². The van der Waals surface area contributed by atoms with Gasteiger partial charge in [-0.15, -0.1) is 0 Å². The van der Waals surface area contributed by atoms with Crippen molar-refractivity contribution in [1.29, 1.82) is 0 Å². The smallest absolute Gasteiger partial charge is 0.337 e. The van der Waals surface area contributed by atoms with Crippen molar-refractivity contribution in [3.63, 3.8) is 0 Å². The van der Waals surface area contributed by atoms with E-state index in [0.717, 1.165) is 48.1 Å². The molecule has 0 saturated heterocycles. The molecule has 4 rings (SSSR count). The van der Waals surface area contributed by atoms with Crippen molar-refractivity contribution in [3.8, 4) is 17.2 Å². The zero-order chi connectivity index (χ0) is 28.9. The Kier molecular flexibility index (Phi) is 9.11. The van der Waals surface area contributed by atoms with Gasteiger partial charge in [0.15, 0.2) is 0 Å². The van der Waals surface area contributed by atoms with Gasteiger partial charge < -0.3 is 19.9 Å². The minimum atomic E-state index is -3.21. The predicted molar refractivity (Wildman–Crippen MR) is 153 cm³/mol. The summed E-state index contributed by atoms with van der Waals surface area (Å²) in [6.45, 7) is 3.94. The molecule has 10 heteroatoms. The van der Waals surface area contributed by atoms with Crippen LogP contribution in [0.1, 0.15) is 52.7 Å². The van der Waals surface area contributed by atoms with E-state index >= 15 is 0 Å². The third kappa shape index (κ3) is 8.06. The highest BCUT2D eigenvalue weighted by atomic mass is 32.2. The number of carboxylic acids is 1. The Morgan fingerprint density at radius 1 is 0.925 bits per heavy atom. The van der Waals surface area contributed by atoms with Gasteiger partial charge in [0.1, 0.15) is 17.2 Å². The van der Waals surface area contributed by atoms with Crippen LogP contribution >= 0.6 is 0 Å². The fourth-order valence-electron chi connectivity index (χ4n) is 4.89. The molecule has 0 radical (unpaired) electrons. The van der Waals surface area contributed by atoms with Gasteiger partial charge in [-0.3, -0.25) is 4.79 Å². The SMILES string of the molecule is Cc1cc(Oc2ccc(CC(=O)Nc3ccccc3C(=O)O)cc2)cc(C)c1OC1CCC(NS(C)(=O)=O)CC1. The predicted octanol–water partition coefficient (Wildman–Crippen LogP) is 5.21. The van der Waals surface area contributed by atoms with Gasteiger partial charge in [0, 0.05) is 6.04 Å². The van der Waals surface area contributed by atoms with E-state index in [1.807, 2.05) is 26.0 Å². The van der Waals surface area contributed by atoms with Gasteiger partial charge in [0.05, 0.1) is 30.0 Å². The van der Waals surface area contributed by atoms with Gasteiger partial charge in [-0.1, -0.05) is 24.3 Å². The number of para-hydroxylation sites is 1. The Hall–Kier alpha value is -3.89. The lowest BCUT2D eigenvalue weighted by atomic mass is 9.93. The summed E-state index contributed by atoms with van der Waals surface area (Å²) >= 11 is 0. The summed E-state index contributed by atoms with van der Waals surface area (Å²) in [5.74, 6) is 0.680. The van der Waals surface area contributed by atoms with Crippen molar-refractivity contribution in [3.05, 3.63) is 82.9 Å². The standard InChI is InChI=1S/C30H34N2O7S/c1-19-16-25(17-20(2)29(19)39-24-14-10-22(11-15-24)32-40(3,36)37)38-23-12-8-21(9-13-23)18-28(33)31-27-7-5-4-6-26(27)30(34)35/h4-9,12-13,16-17,22,24,32H,10-11,14-15,18H2,1-3H3,(H,31,33)(H,34,35). The Bertz CT molecular complexity index is 1460. The number of carboxylic acid groups (broad SMARTS) is 1. The molecular formula is C30H34N2O7S. The number of anilines is 1. The number of rotatable bonds is 10. The third-order valence-corrected chi connectivity index (χ3v) is 7.49. The minimum absolute atomic E-state index is 0.0316. The second-order valence-electron chi connectivity index (χ2n) is 10.2. The molecule has 3 N–H and O–H groups in total. The lowest BCUT2D eigenvalue weighted by Crippen LogP contribution is -2.39. The number of hydrogen-bond acceptors (Lipinski definition) is 6. The minimum Gasteiger partial charge on any atom is -0.490 e. The molecule has 9 nitrogen and oxygen atoms in total. The highest BCUT2D eigenvalue weighted by Crippen LogP contribution is 2.34. The average molecular weight is 567 g/mol. The molecule has 0 aromatic heterocycles. The van der Waals surface area contributed by atoms with Crippen molar-refractivity contribution in [1.82, 2.24) is 4.72 Å². The van der Waals surface area contributed by atoms with Gasteiger partial charge in [0.2, 0.25) is 15.9 Å². The maximum absolute atomic E-state index is 12.5. The molecular weight excluding hydrogens is 532 g/mol. The number of ether oxygens (including phenoxy) is 2. The summed E-state index contributed by atoms with van der Waals surface area (Å²) in [7, 11) is -3.21. The first-order valence-electron chi connectivity index (χ1n) is 13.1. The third-order valence-electron chi connectivity index (χ3n) is 6.73. The number of hydrogen-bond donors (Lipinski definition) is 3. The van der Waals surface area contributed by atoms with Crippen LogP contribution < -0.4 is 19.5 Å². The molecule has 3 aromatic rings. The number of benzene rings is 3. The summed E-state index contributed by atoms with van der Waals surface area (Å²) in [5.41, 5.74) is 2.95. The first-order valence-corrected chi connectivity index (χ1v) is 15.0. The second kappa shape index (κ2) is 12.5. The van der Waals surface area contributed by atoms with E-state index < -0.39 is 16.0 Å². The number of sulfonamides is 1. The van der Waals surface area contributed by atoms with Crippen LogP contribution in [0.2, 0.25) is 0 Å². The number of carbonyl (C=O) groups excluding carboxylic acids is 1. The molecule has 1 saturated carbocycles. The van der Waals surface area contributed by atoms with Crippen LogP contribution in [0.4, 0.5) is 5.69 Å². The molecule has 40 heavy (non-hydrogen) atoms. The van der Waals surface area contributed by atoms with Crippen LogP contribution in [-0.4, -0.2) is 43.8 Å². The number of amides is 1.